The van der Waals surface area contributed by atoms with Crippen LogP contribution in [0.3, 0.4) is 0 Å². The van der Waals surface area contributed by atoms with Crippen molar-refractivity contribution >= 4 is 16.5 Å². The van der Waals surface area contributed by atoms with Crippen LogP contribution in [0.15, 0.2) is 6.20 Å². The van der Waals surface area contributed by atoms with E-state index in [9.17, 15) is 5.11 Å². The zero-order valence-electron chi connectivity index (χ0n) is 8.74. The van der Waals surface area contributed by atoms with Crippen molar-refractivity contribution < 1.29 is 5.11 Å². The standard InChI is InChI=1S/C9H17N3OS/c1-8(2,3)9(13,5-10)6-4-12-7(11)14-6/h4,13H,5,10H2,1-3H3,(H2,11,12). The summed E-state index contributed by atoms with van der Waals surface area (Å²) >= 11 is 1.28. The molecule has 5 heteroatoms. The molecule has 1 aromatic rings. The maximum Gasteiger partial charge on any atom is 0.180 e. The summed E-state index contributed by atoms with van der Waals surface area (Å²) in [7, 11) is 0. The molecule has 0 aliphatic carbocycles. The molecule has 0 aliphatic heterocycles. The predicted molar refractivity (Wildman–Crippen MR) is 58.9 cm³/mol. The first-order chi connectivity index (χ1) is 6.31. The zero-order valence-corrected chi connectivity index (χ0v) is 9.56. The van der Waals surface area contributed by atoms with Crippen molar-refractivity contribution in [1.29, 1.82) is 0 Å². The van der Waals surface area contributed by atoms with Crippen LogP contribution in [0.5, 0.6) is 0 Å². The van der Waals surface area contributed by atoms with Crippen molar-refractivity contribution in [3.05, 3.63) is 11.1 Å². The maximum atomic E-state index is 10.4. The van der Waals surface area contributed by atoms with Crippen molar-refractivity contribution in [2.24, 2.45) is 11.1 Å². The number of rotatable bonds is 2. The quantitative estimate of drug-likeness (QED) is 0.684. The van der Waals surface area contributed by atoms with Crippen molar-refractivity contribution in [3.63, 3.8) is 0 Å². The third-order valence-electron chi connectivity index (χ3n) is 2.47. The van der Waals surface area contributed by atoms with E-state index < -0.39 is 5.60 Å². The number of hydrogen-bond donors (Lipinski definition) is 3. The largest absolute Gasteiger partial charge is 0.382 e. The fourth-order valence-corrected chi connectivity index (χ4v) is 2.25. The van der Waals surface area contributed by atoms with Gasteiger partial charge in [-0.2, -0.15) is 0 Å². The normalized spacial score (nSPS) is 16.6. The summed E-state index contributed by atoms with van der Waals surface area (Å²) < 4.78 is 0. The Bertz CT molecular complexity index is 318. The van der Waals surface area contributed by atoms with Gasteiger partial charge in [0.1, 0.15) is 5.60 Å². The molecule has 0 amide bonds. The molecule has 80 valence electrons. The first-order valence-corrected chi connectivity index (χ1v) is 5.27. The minimum Gasteiger partial charge on any atom is -0.382 e. The Labute approximate surface area is 88.0 Å². The summed E-state index contributed by atoms with van der Waals surface area (Å²) in [5.41, 5.74) is 9.77. The zero-order chi connectivity index (χ0) is 11.0. The van der Waals surface area contributed by atoms with E-state index in [1.165, 1.54) is 11.3 Å². The molecule has 0 aliphatic rings. The SMILES string of the molecule is CC(C)(C)C(O)(CN)c1cnc(N)s1. The molecule has 0 aromatic carbocycles. The molecule has 0 spiro atoms. The molecule has 1 heterocycles. The van der Waals surface area contributed by atoms with Gasteiger partial charge in [-0.15, -0.1) is 0 Å². The molecule has 1 atom stereocenters. The lowest BCUT2D eigenvalue weighted by Gasteiger charge is -2.38. The molecule has 0 bridgehead atoms. The Morgan fingerprint density at radius 3 is 2.36 bits per heavy atom. The van der Waals surface area contributed by atoms with Crippen molar-refractivity contribution in [1.82, 2.24) is 4.98 Å². The summed E-state index contributed by atoms with van der Waals surface area (Å²) in [6, 6.07) is 0. The van der Waals surface area contributed by atoms with Crippen molar-refractivity contribution in [2.45, 2.75) is 26.4 Å². The van der Waals surface area contributed by atoms with Crippen molar-refractivity contribution in [3.8, 4) is 0 Å². The highest BCUT2D eigenvalue weighted by molar-refractivity contribution is 7.15. The Morgan fingerprint density at radius 1 is 1.50 bits per heavy atom. The summed E-state index contributed by atoms with van der Waals surface area (Å²) in [4.78, 5) is 4.65. The van der Waals surface area contributed by atoms with Crippen LogP contribution >= 0.6 is 11.3 Å². The van der Waals surface area contributed by atoms with Gasteiger partial charge in [0.2, 0.25) is 0 Å². The second kappa shape index (κ2) is 3.49. The van der Waals surface area contributed by atoms with Crippen LogP contribution < -0.4 is 11.5 Å². The summed E-state index contributed by atoms with van der Waals surface area (Å²) in [6.45, 7) is 5.99. The van der Waals surface area contributed by atoms with Gasteiger partial charge < -0.3 is 16.6 Å². The number of anilines is 1. The van der Waals surface area contributed by atoms with Crippen molar-refractivity contribution in [2.75, 3.05) is 12.3 Å². The smallest absolute Gasteiger partial charge is 0.180 e. The fraction of sp³-hybridized carbons (Fsp3) is 0.667. The molecule has 0 radical (unpaired) electrons. The lowest BCUT2D eigenvalue weighted by molar-refractivity contribution is -0.0527. The van der Waals surface area contributed by atoms with Gasteiger partial charge in [-0.3, -0.25) is 0 Å². The number of nitrogens with two attached hydrogens (primary N) is 2. The van der Waals surface area contributed by atoms with Gasteiger partial charge in [0.05, 0.1) is 4.88 Å². The van der Waals surface area contributed by atoms with E-state index in [-0.39, 0.29) is 12.0 Å². The first-order valence-electron chi connectivity index (χ1n) is 4.45. The molecular weight excluding hydrogens is 198 g/mol. The Hall–Kier alpha value is -0.650. The molecule has 5 N–H and O–H groups in total. The monoisotopic (exact) mass is 215 g/mol. The number of nitrogen functional groups attached to an aromatic ring is 1. The molecule has 1 aromatic heterocycles. The highest BCUT2D eigenvalue weighted by atomic mass is 32.1. The minimum absolute atomic E-state index is 0.165. The molecule has 1 rings (SSSR count). The van der Waals surface area contributed by atoms with Crippen LogP contribution in [0.2, 0.25) is 0 Å². The van der Waals surface area contributed by atoms with Crippen LogP contribution in [0.4, 0.5) is 5.13 Å². The number of thiazole rings is 1. The third-order valence-corrected chi connectivity index (χ3v) is 3.44. The van der Waals surface area contributed by atoms with E-state index in [2.05, 4.69) is 4.98 Å². The molecule has 14 heavy (non-hydrogen) atoms. The van der Waals surface area contributed by atoms with Crippen LogP contribution in [0, 0.1) is 5.41 Å². The Kier molecular flexibility index (Phi) is 2.85. The summed E-state index contributed by atoms with van der Waals surface area (Å²) in [5.74, 6) is 0. The molecular formula is C9H17N3OS. The molecule has 0 fully saturated rings. The topological polar surface area (TPSA) is 85.2 Å². The van der Waals surface area contributed by atoms with Gasteiger partial charge in [0, 0.05) is 12.7 Å². The first kappa shape index (κ1) is 11.4. The van der Waals surface area contributed by atoms with E-state index >= 15 is 0 Å². The molecule has 0 saturated carbocycles. The predicted octanol–water partition coefficient (Wildman–Crippen LogP) is 0.918. The number of nitrogens with zero attached hydrogens (tertiary/aromatic N) is 1. The van der Waals surface area contributed by atoms with Crippen LogP contribution in [-0.2, 0) is 5.60 Å². The van der Waals surface area contributed by atoms with Crippen LogP contribution in [-0.4, -0.2) is 16.6 Å². The van der Waals surface area contributed by atoms with Gasteiger partial charge >= 0.3 is 0 Å². The van der Waals surface area contributed by atoms with Gasteiger partial charge in [-0.25, -0.2) is 4.98 Å². The number of aromatic nitrogens is 1. The lowest BCUT2D eigenvalue weighted by atomic mass is 9.76. The fourth-order valence-electron chi connectivity index (χ4n) is 1.26. The van der Waals surface area contributed by atoms with E-state index in [0.29, 0.717) is 5.13 Å². The second-order valence-electron chi connectivity index (χ2n) is 4.38. The molecule has 1 unspecified atom stereocenters. The molecule has 0 saturated heterocycles. The maximum absolute atomic E-state index is 10.4. The van der Waals surface area contributed by atoms with E-state index in [4.69, 9.17) is 11.5 Å². The average Bonchev–Trinajstić information content (AvgIpc) is 2.48. The second-order valence-corrected chi connectivity index (χ2v) is 5.44. The number of hydrogen-bond acceptors (Lipinski definition) is 5. The minimum atomic E-state index is -1.05. The summed E-state index contributed by atoms with van der Waals surface area (Å²) in [5, 5.41) is 10.9. The highest BCUT2D eigenvalue weighted by Gasteiger charge is 2.41. The van der Waals surface area contributed by atoms with Crippen LogP contribution in [0.1, 0.15) is 25.6 Å². The van der Waals surface area contributed by atoms with E-state index in [1.54, 1.807) is 6.20 Å². The lowest BCUT2D eigenvalue weighted by Crippen LogP contribution is -2.45. The van der Waals surface area contributed by atoms with E-state index in [0.717, 1.165) is 4.88 Å². The summed E-state index contributed by atoms with van der Waals surface area (Å²) in [6.07, 6.45) is 1.60. The highest BCUT2D eigenvalue weighted by Crippen LogP contribution is 2.41. The van der Waals surface area contributed by atoms with E-state index in [1.807, 2.05) is 20.8 Å². The Balaban J connectivity index is 3.14. The van der Waals surface area contributed by atoms with Gasteiger partial charge in [0.15, 0.2) is 5.13 Å². The third kappa shape index (κ3) is 1.75. The Morgan fingerprint density at radius 2 is 2.07 bits per heavy atom. The number of aliphatic hydroxyl groups is 1. The van der Waals surface area contributed by atoms with Gasteiger partial charge in [0.25, 0.3) is 0 Å². The van der Waals surface area contributed by atoms with Gasteiger partial charge in [-0.05, 0) is 5.41 Å². The average molecular weight is 215 g/mol. The van der Waals surface area contributed by atoms with Crippen LogP contribution in [0.25, 0.3) is 0 Å². The molecule has 4 nitrogen and oxygen atoms in total. The van der Waals surface area contributed by atoms with Gasteiger partial charge in [-0.1, -0.05) is 32.1 Å².